The van der Waals surface area contributed by atoms with Crippen molar-refractivity contribution in [1.82, 2.24) is 24.5 Å². The molecule has 0 aliphatic rings. The molecular formula is C23H26BrFN6OSi. The zero-order valence-electron chi connectivity index (χ0n) is 19.1. The lowest BCUT2D eigenvalue weighted by Crippen LogP contribution is -2.22. The largest absolute Gasteiger partial charge is 0.361 e. The van der Waals surface area contributed by atoms with Crippen LogP contribution in [0.2, 0.25) is 25.7 Å². The number of aryl methyl sites for hydroxylation is 1. The fourth-order valence-corrected chi connectivity index (χ4v) is 4.33. The van der Waals surface area contributed by atoms with Crippen LogP contribution in [0.1, 0.15) is 5.69 Å². The number of nitrogens with zero attached hydrogens (tertiary/aromatic N) is 5. The van der Waals surface area contributed by atoms with Crippen LogP contribution in [-0.4, -0.2) is 39.2 Å². The molecule has 0 aliphatic carbocycles. The van der Waals surface area contributed by atoms with Crippen molar-refractivity contribution in [2.24, 2.45) is 0 Å². The first-order chi connectivity index (χ1) is 15.7. The molecular weight excluding hydrogens is 503 g/mol. The molecule has 0 spiro atoms. The molecule has 0 radical (unpaired) electrons. The molecule has 172 valence electrons. The van der Waals surface area contributed by atoms with Crippen LogP contribution in [-0.2, 0) is 11.5 Å². The third kappa shape index (κ3) is 5.81. The zero-order valence-corrected chi connectivity index (χ0v) is 21.6. The van der Waals surface area contributed by atoms with E-state index in [4.69, 9.17) is 14.7 Å². The molecule has 0 saturated carbocycles. The van der Waals surface area contributed by atoms with Gasteiger partial charge in [0, 0.05) is 32.8 Å². The van der Waals surface area contributed by atoms with Crippen LogP contribution in [0.25, 0.3) is 22.6 Å². The van der Waals surface area contributed by atoms with E-state index in [1.165, 1.54) is 6.07 Å². The fraction of sp³-hybridized carbons (Fsp3) is 0.304. The van der Waals surface area contributed by atoms with Gasteiger partial charge in [-0.25, -0.2) is 24.3 Å². The second-order valence-corrected chi connectivity index (χ2v) is 15.5. The van der Waals surface area contributed by atoms with Gasteiger partial charge in [-0.1, -0.05) is 19.6 Å². The lowest BCUT2D eigenvalue weighted by molar-refractivity contribution is 0.0899. The van der Waals surface area contributed by atoms with Crippen LogP contribution in [0, 0.1) is 12.7 Å². The first-order valence-electron chi connectivity index (χ1n) is 10.7. The van der Waals surface area contributed by atoms with Crippen molar-refractivity contribution in [2.75, 3.05) is 11.9 Å². The summed E-state index contributed by atoms with van der Waals surface area (Å²) in [7, 11) is -1.17. The van der Waals surface area contributed by atoms with Gasteiger partial charge in [0.25, 0.3) is 0 Å². The van der Waals surface area contributed by atoms with Crippen LogP contribution >= 0.6 is 15.9 Å². The summed E-state index contributed by atoms with van der Waals surface area (Å²) in [6, 6.07) is 9.75. The van der Waals surface area contributed by atoms with Gasteiger partial charge in [-0.3, -0.25) is 0 Å². The number of halogens is 2. The van der Waals surface area contributed by atoms with Crippen molar-refractivity contribution in [3.05, 3.63) is 58.8 Å². The Morgan fingerprint density at radius 3 is 2.67 bits per heavy atom. The molecule has 0 saturated heterocycles. The van der Waals surface area contributed by atoms with E-state index in [0.29, 0.717) is 46.6 Å². The molecule has 33 heavy (non-hydrogen) atoms. The molecule has 1 N–H and O–H groups in total. The SMILES string of the molecule is Cc1nc(-c2nc(Nc3ccnc(Br)c3)c3ccn(COCC[Si](C)(C)C)c3n2)ccc1F. The third-order valence-electron chi connectivity index (χ3n) is 5.09. The number of hydrogen-bond donors (Lipinski definition) is 1. The number of pyridine rings is 2. The Balaban J connectivity index is 1.73. The van der Waals surface area contributed by atoms with Gasteiger partial charge >= 0.3 is 0 Å². The van der Waals surface area contributed by atoms with Crippen LogP contribution in [0.4, 0.5) is 15.9 Å². The molecule has 7 nitrogen and oxygen atoms in total. The maximum absolute atomic E-state index is 13.8. The Kier molecular flexibility index (Phi) is 6.87. The summed E-state index contributed by atoms with van der Waals surface area (Å²) in [6.07, 6.45) is 3.64. The minimum absolute atomic E-state index is 0.300. The van der Waals surface area contributed by atoms with Crippen LogP contribution in [0.5, 0.6) is 0 Å². The highest BCUT2D eigenvalue weighted by atomic mass is 79.9. The normalized spacial score (nSPS) is 11.8. The zero-order chi connectivity index (χ0) is 23.6. The van der Waals surface area contributed by atoms with Crippen molar-refractivity contribution < 1.29 is 9.13 Å². The van der Waals surface area contributed by atoms with E-state index >= 15 is 0 Å². The van der Waals surface area contributed by atoms with Crippen molar-refractivity contribution in [1.29, 1.82) is 0 Å². The van der Waals surface area contributed by atoms with E-state index in [1.54, 1.807) is 19.2 Å². The fourth-order valence-electron chi connectivity index (χ4n) is 3.21. The quantitative estimate of drug-likeness (QED) is 0.168. The topological polar surface area (TPSA) is 77.8 Å². The summed E-state index contributed by atoms with van der Waals surface area (Å²) < 4.78 is 22.4. The van der Waals surface area contributed by atoms with Gasteiger partial charge in [-0.2, -0.15) is 0 Å². The smallest absolute Gasteiger partial charge is 0.182 e. The van der Waals surface area contributed by atoms with E-state index in [1.807, 2.05) is 29.0 Å². The molecule has 0 amide bonds. The van der Waals surface area contributed by atoms with Gasteiger partial charge in [-0.05, 0) is 59.2 Å². The molecule has 0 aromatic carbocycles. The molecule has 0 fully saturated rings. The molecule has 0 bridgehead atoms. The lowest BCUT2D eigenvalue weighted by Gasteiger charge is -2.16. The third-order valence-corrected chi connectivity index (χ3v) is 7.22. The average molecular weight is 529 g/mol. The number of rotatable bonds is 8. The molecule has 0 aliphatic heterocycles. The van der Waals surface area contributed by atoms with Gasteiger partial charge in [0.2, 0.25) is 0 Å². The van der Waals surface area contributed by atoms with E-state index in [2.05, 4.69) is 50.9 Å². The lowest BCUT2D eigenvalue weighted by atomic mass is 10.2. The van der Waals surface area contributed by atoms with Crippen molar-refractivity contribution in [3.8, 4) is 11.5 Å². The monoisotopic (exact) mass is 528 g/mol. The van der Waals surface area contributed by atoms with Crippen molar-refractivity contribution in [3.63, 3.8) is 0 Å². The maximum Gasteiger partial charge on any atom is 0.182 e. The first kappa shape index (κ1) is 23.5. The average Bonchev–Trinajstić information content (AvgIpc) is 3.16. The predicted octanol–water partition coefficient (Wildman–Crippen LogP) is 6.15. The van der Waals surface area contributed by atoms with Crippen LogP contribution in [0.3, 0.4) is 0 Å². The van der Waals surface area contributed by atoms with Gasteiger partial charge in [0.1, 0.15) is 34.3 Å². The maximum atomic E-state index is 13.8. The van der Waals surface area contributed by atoms with E-state index < -0.39 is 8.07 Å². The van der Waals surface area contributed by atoms with Gasteiger partial charge < -0.3 is 14.6 Å². The Bertz CT molecular complexity index is 1290. The highest BCUT2D eigenvalue weighted by molar-refractivity contribution is 9.10. The Morgan fingerprint density at radius 1 is 1.12 bits per heavy atom. The summed E-state index contributed by atoms with van der Waals surface area (Å²) in [6.45, 7) is 9.71. The van der Waals surface area contributed by atoms with Gasteiger partial charge in [-0.15, -0.1) is 0 Å². The molecule has 0 atom stereocenters. The molecule has 4 aromatic rings. The van der Waals surface area contributed by atoms with Gasteiger partial charge in [0.05, 0.1) is 11.1 Å². The minimum atomic E-state index is -1.17. The molecule has 10 heteroatoms. The highest BCUT2D eigenvalue weighted by Crippen LogP contribution is 2.28. The number of nitrogens with one attached hydrogen (secondary N) is 1. The van der Waals surface area contributed by atoms with Gasteiger partial charge in [0.15, 0.2) is 5.82 Å². The summed E-state index contributed by atoms with van der Waals surface area (Å²) in [5.41, 5.74) is 2.34. The molecule has 4 heterocycles. The number of fused-ring (bicyclic) bond motifs is 1. The number of hydrogen-bond acceptors (Lipinski definition) is 6. The molecule has 0 unspecified atom stereocenters. The standard InChI is InChI=1S/C23H26BrFN6OSi/c1-15-18(25)5-6-19(27-15)22-29-21(28-16-7-9-26-20(24)13-16)17-8-10-31(23(17)30-22)14-32-11-12-33(2,3)4/h5-10,13H,11-12,14H2,1-4H3,(H,26,28,29,30). The second kappa shape index (κ2) is 9.66. The summed E-state index contributed by atoms with van der Waals surface area (Å²) >= 11 is 3.40. The summed E-state index contributed by atoms with van der Waals surface area (Å²) in [4.78, 5) is 18.0. The number of ether oxygens (including phenoxy) is 1. The van der Waals surface area contributed by atoms with E-state index in [-0.39, 0.29) is 5.82 Å². The highest BCUT2D eigenvalue weighted by Gasteiger charge is 2.16. The summed E-state index contributed by atoms with van der Waals surface area (Å²) in [5, 5.41) is 4.20. The second-order valence-electron chi connectivity index (χ2n) is 9.02. The first-order valence-corrected chi connectivity index (χ1v) is 15.2. The van der Waals surface area contributed by atoms with Crippen LogP contribution < -0.4 is 5.32 Å². The Morgan fingerprint density at radius 2 is 1.94 bits per heavy atom. The minimum Gasteiger partial charge on any atom is -0.361 e. The summed E-state index contributed by atoms with van der Waals surface area (Å²) in [5.74, 6) is 0.667. The van der Waals surface area contributed by atoms with E-state index in [9.17, 15) is 4.39 Å². The molecule has 4 aromatic heterocycles. The number of aromatic nitrogens is 5. The van der Waals surface area contributed by atoms with E-state index in [0.717, 1.165) is 17.1 Å². The Labute approximate surface area is 201 Å². The molecule has 4 rings (SSSR count). The predicted molar refractivity (Wildman–Crippen MR) is 135 cm³/mol. The van der Waals surface area contributed by atoms with Crippen molar-refractivity contribution in [2.45, 2.75) is 39.3 Å². The number of anilines is 2. The van der Waals surface area contributed by atoms with Crippen molar-refractivity contribution >= 4 is 46.5 Å². The van der Waals surface area contributed by atoms with Crippen LogP contribution in [0.15, 0.2) is 47.3 Å². The Hall–Kier alpha value is -2.69.